The summed E-state index contributed by atoms with van der Waals surface area (Å²) >= 11 is 0.773. The van der Waals surface area contributed by atoms with E-state index in [1.54, 1.807) is 72.5 Å². The Morgan fingerprint density at radius 3 is 2.37 bits per heavy atom. The number of hydrogen-bond donors (Lipinski definition) is 1. The lowest BCUT2D eigenvalue weighted by atomic mass is 10.2. The first-order valence-corrected chi connectivity index (χ1v) is 11.4. The molecule has 12 heteroatoms. The van der Waals surface area contributed by atoms with Crippen molar-refractivity contribution < 1.29 is 18.0 Å². The Morgan fingerprint density at radius 2 is 1.69 bits per heavy atom. The average Bonchev–Trinajstić information content (AvgIpc) is 3.04. The van der Waals surface area contributed by atoms with Gasteiger partial charge >= 0.3 is 6.18 Å². The van der Waals surface area contributed by atoms with Gasteiger partial charge in [-0.15, -0.1) is 0 Å². The van der Waals surface area contributed by atoms with E-state index in [-0.39, 0.29) is 16.2 Å². The summed E-state index contributed by atoms with van der Waals surface area (Å²) in [5, 5.41) is 2.06. The predicted octanol–water partition coefficient (Wildman–Crippen LogP) is 2.95. The first-order chi connectivity index (χ1) is 16.6. The van der Waals surface area contributed by atoms with Crippen molar-refractivity contribution in [1.82, 2.24) is 24.2 Å². The van der Waals surface area contributed by atoms with Crippen molar-refractivity contribution >= 4 is 28.6 Å². The Bertz CT molecular complexity index is 1520. The van der Waals surface area contributed by atoms with Crippen molar-refractivity contribution in [2.75, 3.05) is 12.3 Å². The number of benzene rings is 2. The van der Waals surface area contributed by atoms with Crippen LogP contribution in [0.3, 0.4) is 0 Å². The van der Waals surface area contributed by atoms with Gasteiger partial charge in [0.15, 0.2) is 5.16 Å². The Morgan fingerprint density at radius 1 is 1.03 bits per heavy atom. The molecule has 0 atom stereocenters. The van der Waals surface area contributed by atoms with Crippen LogP contribution in [0.1, 0.15) is 5.69 Å². The third-order valence-electron chi connectivity index (χ3n) is 5.31. The standard InChI is InChI=1S/C23H20F3N5O3S/c1-14-19(21(34)31(29(14)2)15-8-4-3-5-9-15)30-20(33)16-10-6-7-11-17(16)28-22(30)35-12-18(32)27-13-23(24,25)26/h3-11H,12-13H2,1-2H3,(H,27,32). The summed E-state index contributed by atoms with van der Waals surface area (Å²) in [5.74, 6) is -1.31. The van der Waals surface area contributed by atoms with Gasteiger partial charge in [-0.1, -0.05) is 42.1 Å². The number of amides is 1. The predicted molar refractivity (Wildman–Crippen MR) is 126 cm³/mol. The van der Waals surface area contributed by atoms with Crippen molar-refractivity contribution in [1.29, 1.82) is 0 Å². The van der Waals surface area contributed by atoms with E-state index in [2.05, 4.69) is 4.98 Å². The van der Waals surface area contributed by atoms with E-state index in [9.17, 15) is 27.6 Å². The largest absolute Gasteiger partial charge is 0.405 e. The van der Waals surface area contributed by atoms with Crippen molar-refractivity contribution in [3.63, 3.8) is 0 Å². The minimum absolute atomic E-state index is 0.0156. The van der Waals surface area contributed by atoms with Crippen molar-refractivity contribution in [2.24, 2.45) is 7.05 Å². The maximum Gasteiger partial charge on any atom is 0.405 e. The molecular weight excluding hydrogens is 483 g/mol. The third kappa shape index (κ3) is 4.87. The summed E-state index contributed by atoms with van der Waals surface area (Å²) < 4.78 is 41.4. The van der Waals surface area contributed by atoms with Gasteiger partial charge in [0.05, 0.1) is 28.0 Å². The highest BCUT2D eigenvalue weighted by atomic mass is 32.2. The van der Waals surface area contributed by atoms with Crippen LogP contribution < -0.4 is 16.4 Å². The van der Waals surface area contributed by atoms with E-state index in [1.807, 2.05) is 6.07 Å². The van der Waals surface area contributed by atoms with Gasteiger partial charge in [0.2, 0.25) is 5.91 Å². The fourth-order valence-electron chi connectivity index (χ4n) is 3.60. The Hall–Kier alpha value is -3.80. The fraction of sp³-hybridized carbons (Fsp3) is 0.217. The molecule has 0 aliphatic heterocycles. The zero-order valence-corrected chi connectivity index (χ0v) is 19.5. The summed E-state index contributed by atoms with van der Waals surface area (Å²) in [6.07, 6.45) is -4.55. The zero-order valence-electron chi connectivity index (χ0n) is 18.7. The van der Waals surface area contributed by atoms with Gasteiger partial charge in [0.1, 0.15) is 12.2 Å². The normalized spacial score (nSPS) is 11.7. The van der Waals surface area contributed by atoms with Crippen LogP contribution in [-0.4, -0.2) is 43.3 Å². The maximum atomic E-state index is 13.5. The molecule has 0 saturated carbocycles. The number of fused-ring (bicyclic) bond motifs is 1. The van der Waals surface area contributed by atoms with Crippen LogP contribution in [0, 0.1) is 6.92 Å². The summed E-state index contributed by atoms with van der Waals surface area (Å²) in [4.78, 5) is 43.5. The highest BCUT2D eigenvalue weighted by molar-refractivity contribution is 7.99. The van der Waals surface area contributed by atoms with Gasteiger partial charge in [-0.25, -0.2) is 14.2 Å². The zero-order chi connectivity index (χ0) is 25.3. The smallest absolute Gasteiger partial charge is 0.346 e. The molecule has 4 aromatic rings. The highest BCUT2D eigenvalue weighted by Gasteiger charge is 2.28. The number of alkyl halides is 3. The second-order valence-electron chi connectivity index (χ2n) is 7.64. The minimum Gasteiger partial charge on any atom is -0.346 e. The Labute approximate surface area is 201 Å². The van der Waals surface area contributed by atoms with Gasteiger partial charge in [-0.2, -0.15) is 13.2 Å². The molecular formula is C23H20F3N5O3S. The van der Waals surface area contributed by atoms with Crippen LogP contribution in [0.2, 0.25) is 0 Å². The molecule has 2 heterocycles. The van der Waals surface area contributed by atoms with Crippen LogP contribution >= 0.6 is 11.8 Å². The van der Waals surface area contributed by atoms with E-state index >= 15 is 0 Å². The number of nitrogens with one attached hydrogen (secondary N) is 1. The molecule has 0 aliphatic carbocycles. The van der Waals surface area contributed by atoms with Crippen molar-refractivity contribution in [2.45, 2.75) is 18.3 Å². The van der Waals surface area contributed by atoms with Gasteiger partial charge in [0, 0.05) is 7.05 Å². The second-order valence-corrected chi connectivity index (χ2v) is 8.59. The molecule has 0 bridgehead atoms. The molecule has 35 heavy (non-hydrogen) atoms. The Kier molecular flexibility index (Phi) is 6.57. The van der Waals surface area contributed by atoms with Crippen LogP contribution in [0.5, 0.6) is 0 Å². The average molecular weight is 504 g/mol. The summed E-state index contributed by atoms with van der Waals surface area (Å²) in [7, 11) is 1.67. The number of halogens is 3. The van der Waals surface area contributed by atoms with E-state index < -0.39 is 35.5 Å². The monoisotopic (exact) mass is 503 g/mol. The van der Waals surface area contributed by atoms with Gasteiger partial charge in [-0.3, -0.25) is 19.1 Å². The van der Waals surface area contributed by atoms with Crippen molar-refractivity contribution in [3.05, 3.63) is 81.0 Å². The lowest BCUT2D eigenvalue weighted by Gasteiger charge is -2.12. The van der Waals surface area contributed by atoms with Gasteiger partial charge < -0.3 is 5.32 Å². The molecule has 2 aromatic carbocycles. The quantitative estimate of drug-likeness (QED) is 0.323. The summed E-state index contributed by atoms with van der Waals surface area (Å²) in [6, 6.07) is 15.4. The lowest BCUT2D eigenvalue weighted by molar-refractivity contribution is -0.136. The molecule has 0 unspecified atom stereocenters. The SMILES string of the molecule is Cc1c(-n2c(SCC(=O)NCC(F)(F)F)nc3ccccc3c2=O)c(=O)n(-c2ccccc2)n1C. The molecule has 0 saturated heterocycles. The van der Waals surface area contributed by atoms with E-state index in [4.69, 9.17) is 0 Å². The van der Waals surface area contributed by atoms with Gasteiger partial charge in [0.25, 0.3) is 11.1 Å². The molecule has 0 radical (unpaired) electrons. The molecule has 1 amide bonds. The van der Waals surface area contributed by atoms with E-state index in [1.165, 1.54) is 4.68 Å². The molecule has 0 spiro atoms. The highest BCUT2D eigenvalue weighted by Crippen LogP contribution is 2.23. The topological polar surface area (TPSA) is 90.9 Å². The number of rotatable bonds is 6. The van der Waals surface area contributed by atoms with Crippen LogP contribution in [-0.2, 0) is 11.8 Å². The number of carbonyl (C=O) groups is 1. The molecule has 1 N–H and O–H groups in total. The van der Waals surface area contributed by atoms with Gasteiger partial charge in [-0.05, 0) is 31.2 Å². The van der Waals surface area contributed by atoms with E-state index in [0.717, 1.165) is 16.3 Å². The summed E-state index contributed by atoms with van der Waals surface area (Å²) in [6.45, 7) is 0.201. The summed E-state index contributed by atoms with van der Waals surface area (Å²) in [5.41, 5.74) is 0.401. The lowest BCUT2D eigenvalue weighted by Crippen LogP contribution is -2.35. The number of para-hydroxylation sites is 2. The molecule has 8 nitrogen and oxygen atoms in total. The van der Waals surface area contributed by atoms with E-state index in [0.29, 0.717) is 16.9 Å². The third-order valence-corrected chi connectivity index (χ3v) is 6.25. The fourth-order valence-corrected chi connectivity index (χ4v) is 4.43. The molecule has 0 aliphatic rings. The second kappa shape index (κ2) is 9.45. The number of aromatic nitrogens is 4. The first kappa shape index (κ1) is 24.3. The number of hydrogen-bond acceptors (Lipinski definition) is 5. The Balaban J connectivity index is 1.85. The van der Waals surface area contributed by atoms with Crippen LogP contribution in [0.4, 0.5) is 13.2 Å². The number of thioether (sulfide) groups is 1. The van der Waals surface area contributed by atoms with Crippen LogP contribution in [0.25, 0.3) is 22.3 Å². The molecule has 182 valence electrons. The number of carbonyl (C=O) groups excluding carboxylic acids is 1. The number of nitrogens with zero attached hydrogens (tertiary/aromatic N) is 4. The maximum absolute atomic E-state index is 13.5. The van der Waals surface area contributed by atoms with Crippen molar-refractivity contribution in [3.8, 4) is 11.4 Å². The molecule has 4 rings (SSSR count). The molecule has 2 aromatic heterocycles. The van der Waals surface area contributed by atoms with Crippen LogP contribution in [0.15, 0.2) is 69.3 Å². The minimum atomic E-state index is -4.55. The first-order valence-electron chi connectivity index (χ1n) is 10.4. The molecule has 0 fully saturated rings.